The molecule has 3 nitrogen and oxygen atoms in total. The van der Waals surface area contributed by atoms with Gasteiger partial charge in [0.1, 0.15) is 6.16 Å². The smallest absolute Gasteiger partial charge is 0.193 e. The second-order valence-electron chi connectivity index (χ2n) is 7.05. The zero-order valence-corrected chi connectivity index (χ0v) is 16.4. The van der Waals surface area contributed by atoms with Crippen LogP contribution < -0.4 is 0 Å². The summed E-state index contributed by atoms with van der Waals surface area (Å²) in [6.45, 7) is 0. The first kappa shape index (κ1) is 21.1. The van der Waals surface area contributed by atoms with E-state index in [2.05, 4.69) is 60.7 Å². The fraction of sp³-hybridized carbons (Fsp3) is 0.455. The van der Waals surface area contributed by atoms with Gasteiger partial charge in [-0.2, -0.15) is 14.7 Å². The predicted octanol–water partition coefficient (Wildman–Crippen LogP) is 5.68. The Hall–Kier alpha value is -1.25. The third-order valence-corrected chi connectivity index (χ3v) is 5.77. The summed E-state index contributed by atoms with van der Waals surface area (Å²) in [4.78, 5) is 26.9. The van der Waals surface area contributed by atoms with Crippen LogP contribution in [-0.2, 0) is 0 Å². The Morgan fingerprint density at radius 1 is 0.577 bits per heavy atom. The van der Waals surface area contributed by atoms with E-state index in [0.717, 1.165) is 12.8 Å². The average Bonchev–Trinajstić information content (AvgIpc) is 2.64. The van der Waals surface area contributed by atoms with Crippen LogP contribution in [0.4, 0.5) is 0 Å². The molecular formula is C22H32O3P+. The topological polar surface area (TPSA) is 60.7 Å². The minimum Gasteiger partial charge on any atom is -0.193 e. The highest BCUT2D eigenvalue weighted by atomic mass is 31.2. The van der Waals surface area contributed by atoms with E-state index in [9.17, 15) is 0 Å². The molecule has 2 aromatic rings. The highest BCUT2D eigenvalue weighted by Crippen LogP contribution is 2.45. The maximum Gasteiger partial charge on any atom is 0.403 e. The molecule has 0 fully saturated rings. The summed E-state index contributed by atoms with van der Waals surface area (Å²) < 4.78 is 0. The first-order valence-corrected chi connectivity index (χ1v) is 11.6. The Kier molecular flexibility index (Phi) is 9.28. The molecule has 0 aliphatic rings. The maximum atomic E-state index is 8.95. The van der Waals surface area contributed by atoms with E-state index in [1.54, 1.807) is 0 Å². The summed E-state index contributed by atoms with van der Waals surface area (Å²) in [5.41, 5.74) is 2.78. The molecule has 26 heavy (non-hydrogen) atoms. The van der Waals surface area contributed by atoms with Crippen molar-refractivity contribution in [3.8, 4) is 0 Å². The zero-order chi connectivity index (χ0) is 18.7. The molecule has 0 saturated carbocycles. The summed E-state index contributed by atoms with van der Waals surface area (Å²) in [5.74, 6) is 0.466. The summed E-state index contributed by atoms with van der Waals surface area (Å²) in [6, 6.07) is 21.5. The van der Waals surface area contributed by atoms with Gasteiger partial charge >= 0.3 is 7.94 Å². The molecule has 4 heteroatoms. The van der Waals surface area contributed by atoms with Crippen LogP contribution in [0, 0.1) is 0 Å². The van der Waals surface area contributed by atoms with Gasteiger partial charge in [-0.05, 0) is 30.4 Å². The van der Waals surface area contributed by atoms with Crippen LogP contribution in [0.3, 0.4) is 0 Å². The third-order valence-electron chi connectivity index (χ3n) is 4.85. The van der Waals surface area contributed by atoms with Crippen LogP contribution in [0.15, 0.2) is 60.7 Å². The number of rotatable bonds is 12. The Balaban J connectivity index is 1.69. The Morgan fingerprint density at radius 3 is 1.46 bits per heavy atom. The zero-order valence-electron chi connectivity index (χ0n) is 15.5. The molecule has 0 bridgehead atoms. The molecule has 2 aromatic carbocycles. The monoisotopic (exact) mass is 375 g/mol. The van der Waals surface area contributed by atoms with Crippen molar-refractivity contribution in [2.45, 2.75) is 57.3 Å². The van der Waals surface area contributed by atoms with Gasteiger partial charge < -0.3 is 0 Å². The largest absolute Gasteiger partial charge is 0.403 e. The highest BCUT2D eigenvalue weighted by molar-refractivity contribution is 7.58. The van der Waals surface area contributed by atoms with Gasteiger partial charge in [0.15, 0.2) is 0 Å². The minimum atomic E-state index is -3.55. The van der Waals surface area contributed by atoms with E-state index in [1.807, 2.05) is 0 Å². The Morgan fingerprint density at radius 2 is 1.00 bits per heavy atom. The molecule has 0 amide bonds. The molecule has 0 atom stereocenters. The molecule has 0 unspecified atom stereocenters. The molecule has 142 valence electrons. The van der Waals surface area contributed by atoms with Gasteiger partial charge in [-0.15, -0.1) is 0 Å². The lowest BCUT2D eigenvalue weighted by Crippen LogP contribution is -2.01. The minimum absolute atomic E-state index is 0.142. The highest BCUT2D eigenvalue weighted by Gasteiger charge is 2.27. The van der Waals surface area contributed by atoms with Crippen LogP contribution in [0.5, 0.6) is 0 Å². The fourth-order valence-corrected chi connectivity index (χ4v) is 4.10. The van der Waals surface area contributed by atoms with Gasteiger partial charge in [-0.25, -0.2) is 0 Å². The van der Waals surface area contributed by atoms with Gasteiger partial charge in [0.05, 0.1) is 0 Å². The summed E-state index contributed by atoms with van der Waals surface area (Å²) in [6.07, 6.45) is 8.90. The lowest BCUT2D eigenvalue weighted by molar-refractivity contribution is 0.328. The Labute approximate surface area is 158 Å². The van der Waals surface area contributed by atoms with Gasteiger partial charge in [0, 0.05) is 5.92 Å². The van der Waals surface area contributed by atoms with Crippen molar-refractivity contribution < 1.29 is 14.7 Å². The van der Waals surface area contributed by atoms with Crippen molar-refractivity contribution >= 4 is 7.94 Å². The van der Waals surface area contributed by atoms with Crippen molar-refractivity contribution in [3.63, 3.8) is 0 Å². The lowest BCUT2D eigenvalue weighted by atomic mass is 9.87. The van der Waals surface area contributed by atoms with E-state index in [0.29, 0.717) is 12.3 Å². The maximum absolute atomic E-state index is 8.95. The van der Waals surface area contributed by atoms with Gasteiger partial charge in [-0.1, -0.05) is 92.8 Å². The molecule has 2 rings (SSSR count). The summed E-state index contributed by atoms with van der Waals surface area (Å²) in [7, 11) is -3.55. The van der Waals surface area contributed by atoms with E-state index >= 15 is 0 Å². The predicted molar refractivity (Wildman–Crippen MR) is 110 cm³/mol. The van der Waals surface area contributed by atoms with E-state index in [-0.39, 0.29) is 6.16 Å². The van der Waals surface area contributed by atoms with Crippen LogP contribution in [0.2, 0.25) is 0 Å². The second kappa shape index (κ2) is 11.5. The normalized spacial score (nSPS) is 11.8. The molecule has 0 heterocycles. The Bertz CT molecular complexity index is 556. The molecular weight excluding hydrogens is 343 g/mol. The van der Waals surface area contributed by atoms with Gasteiger partial charge in [0.25, 0.3) is 0 Å². The third kappa shape index (κ3) is 8.42. The van der Waals surface area contributed by atoms with Crippen LogP contribution in [-0.4, -0.2) is 20.8 Å². The van der Waals surface area contributed by atoms with Crippen molar-refractivity contribution in [1.29, 1.82) is 0 Å². The molecule has 0 saturated heterocycles. The van der Waals surface area contributed by atoms with E-state index < -0.39 is 7.94 Å². The molecule has 0 aromatic heterocycles. The van der Waals surface area contributed by atoms with Crippen molar-refractivity contribution in [3.05, 3.63) is 71.8 Å². The van der Waals surface area contributed by atoms with Crippen molar-refractivity contribution in [2.24, 2.45) is 0 Å². The van der Waals surface area contributed by atoms with E-state index in [4.69, 9.17) is 14.7 Å². The molecule has 0 aliphatic carbocycles. The SMILES string of the molecule is O[P+](O)(O)CCCCCCCCCC(c1ccccc1)c1ccccc1. The summed E-state index contributed by atoms with van der Waals surface area (Å²) in [5, 5.41) is 0. The average molecular weight is 375 g/mol. The number of unbranched alkanes of at least 4 members (excludes halogenated alkanes) is 6. The number of hydrogen-bond donors (Lipinski definition) is 3. The van der Waals surface area contributed by atoms with Crippen molar-refractivity contribution in [2.75, 3.05) is 6.16 Å². The van der Waals surface area contributed by atoms with Gasteiger partial charge in [0.2, 0.25) is 0 Å². The summed E-state index contributed by atoms with van der Waals surface area (Å²) >= 11 is 0. The first-order chi connectivity index (χ1) is 12.6. The quantitative estimate of drug-likeness (QED) is 0.330. The lowest BCUT2D eigenvalue weighted by Gasteiger charge is -2.18. The number of benzene rings is 2. The van der Waals surface area contributed by atoms with E-state index in [1.165, 1.54) is 43.2 Å². The van der Waals surface area contributed by atoms with Gasteiger partial charge in [-0.3, -0.25) is 0 Å². The fourth-order valence-electron chi connectivity index (χ4n) is 3.45. The van der Waals surface area contributed by atoms with Crippen LogP contribution >= 0.6 is 7.94 Å². The molecule has 0 spiro atoms. The molecule has 0 radical (unpaired) electrons. The van der Waals surface area contributed by atoms with Crippen molar-refractivity contribution in [1.82, 2.24) is 0 Å². The standard InChI is InChI=1S/C22H32O3P/c23-26(24,25)19-13-5-3-1-2-4-12-18-22(20-14-8-6-9-15-20)21-16-10-7-11-17-21/h6-11,14-17,22-25H,1-5,12-13,18-19H2/q+1. The number of hydrogen-bond acceptors (Lipinski definition) is 3. The molecule has 0 aliphatic heterocycles. The second-order valence-corrected chi connectivity index (χ2v) is 8.89. The molecule has 3 N–H and O–H groups in total. The van der Waals surface area contributed by atoms with Crippen LogP contribution in [0.1, 0.15) is 68.4 Å². The van der Waals surface area contributed by atoms with Crippen LogP contribution in [0.25, 0.3) is 0 Å². The first-order valence-electron chi connectivity index (χ1n) is 9.72.